The summed E-state index contributed by atoms with van der Waals surface area (Å²) in [5, 5.41) is 3.30. The van der Waals surface area contributed by atoms with Gasteiger partial charge in [0.05, 0.1) is 0 Å². The topological polar surface area (TPSA) is 106 Å². The predicted molar refractivity (Wildman–Crippen MR) is 157 cm³/mol. The zero-order valence-electron chi connectivity index (χ0n) is 25.4. The fraction of sp³-hybridized carbons (Fsp3) is 0.677. The molecule has 14 heteroatoms. The van der Waals surface area contributed by atoms with Gasteiger partial charge in [0.2, 0.25) is 0 Å². The molecule has 1 unspecified atom stereocenters. The second-order valence-corrected chi connectivity index (χ2v) is 13.0. The molecule has 0 saturated carbocycles. The maximum Gasteiger partial charge on any atom is 0.493 e. The molecule has 0 spiro atoms. The van der Waals surface area contributed by atoms with Gasteiger partial charge in [-0.2, -0.15) is 13.2 Å². The second-order valence-electron chi connectivity index (χ2n) is 13.0. The summed E-state index contributed by atoms with van der Waals surface area (Å²) in [4.78, 5) is 62.4. The highest BCUT2D eigenvalue weighted by molar-refractivity contribution is 6.05. The van der Waals surface area contributed by atoms with Gasteiger partial charge in [0, 0.05) is 76.6 Å². The first-order valence-electron chi connectivity index (χ1n) is 16.1. The molecule has 0 aliphatic carbocycles. The zero-order chi connectivity index (χ0) is 31.7. The third-order valence-electron chi connectivity index (χ3n) is 9.98. The molecule has 246 valence electrons. The van der Waals surface area contributed by atoms with Gasteiger partial charge in [-0.15, -0.1) is 5.06 Å². The van der Waals surface area contributed by atoms with E-state index in [1.165, 1.54) is 24.3 Å². The van der Waals surface area contributed by atoms with E-state index < -0.39 is 35.9 Å². The fourth-order valence-electron chi connectivity index (χ4n) is 7.36. The molecule has 0 bridgehead atoms. The fourth-order valence-corrected chi connectivity index (χ4v) is 7.36. The largest absolute Gasteiger partial charge is 0.493 e. The van der Waals surface area contributed by atoms with Crippen molar-refractivity contribution in [2.75, 3.05) is 70.3 Å². The lowest BCUT2D eigenvalue weighted by molar-refractivity contribution is -0.238. The van der Waals surface area contributed by atoms with Gasteiger partial charge in [-0.05, 0) is 80.8 Å². The van der Waals surface area contributed by atoms with Crippen LogP contribution in [0.3, 0.4) is 0 Å². The van der Waals surface area contributed by atoms with E-state index in [4.69, 9.17) is 0 Å². The van der Waals surface area contributed by atoms with E-state index in [1.807, 2.05) is 12.1 Å². The first-order chi connectivity index (χ1) is 21.6. The van der Waals surface area contributed by atoms with E-state index in [1.54, 1.807) is 6.07 Å². The Kier molecular flexibility index (Phi) is 9.34. The number of amides is 3. The highest BCUT2D eigenvalue weighted by Gasteiger charge is 2.49. The SMILES string of the molecule is O=C1CCC(N2Cc3cc(N4CCC(CN5CCN(CC6CCNCC6)CC5)CC4)ccc3C2=O)C(=O)N1OC(=O)C(F)(F)F. The number of hydrogen-bond donors (Lipinski definition) is 1. The van der Waals surface area contributed by atoms with Gasteiger partial charge in [-0.3, -0.25) is 14.4 Å². The molecule has 3 amide bonds. The maximum absolute atomic E-state index is 13.2. The van der Waals surface area contributed by atoms with Crippen LogP contribution in [0.5, 0.6) is 0 Å². The van der Waals surface area contributed by atoms with Gasteiger partial charge in [0.15, 0.2) is 0 Å². The predicted octanol–water partition coefficient (Wildman–Crippen LogP) is 2.01. The maximum atomic E-state index is 13.2. The molecule has 5 aliphatic heterocycles. The molecule has 1 N–H and O–H groups in total. The first kappa shape index (κ1) is 31.7. The number of piperazine rings is 1. The third kappa shape index (κ3) is 7.12. The molecule has 0 radical (unpaired) electrons. The van der Waals surface area contributed by atoms with E-state index in [-0.39, 0.29) is 24.4 Å². The number of benzene rings is 1. The monoisotopic (exact) mass is 634 g/mol. The number of imide groups is 1. The Labute approximate surface area is 260 Å². The van der Waals surface area contributed by atoms with Crippen LogP contribution in [-0.2, 0) is 25.8 Å². The number of nitrogens with one attached hydrogen (secondary N) is 1. The molecule has 6 rings (SSSR count). The summed E-state index contributed by atoms with van der Waals surface area (Å²) in [5.74, 6) is -3.86. The van der Waals surface area contributed by atoms with Crippen LogP contribution in [0.1, 0.15) is 54.4 Å². The van der Waals surface area contributed by atoms with E-state index in [2.05, 4.69) is 24.9 Å². The van der Waals surface area contributed by atoms with Crippen LogP contribution >= 0.6 is 0 Å². The molecular weight excluding hydrogens is 593 g/mol. The molecule has 11 nitrogen and oxygen atoms in total. The number of carbonyl (C=O) groups excluding carboxylic acids is 4. The molecule has 1 atom stereocenters. The number of halogens is 3. The molecule has 1 aromatic rings. The lowest BCUT2D eigenvalue weighted by atomic mass is 9.95. The summed E-state index contributed by atoms with van der Waals surface area (Å²) in [5.41, 5.74) is 2.11. The van der Waals surface area contributed by atoms with Crippen molar-refractivity contribution in [1.82, 2.24) is 25.1 Å². The molecule has 45 heavy (non-hydrogen) atoms. The van der Waals surface area contributed by atoms with Crippen molar-refractivity contribution in [3.63, 3.8) is 0 Å². The third-order valence-corrected chi connectivity index (χ3v) is 9.98. The standard InChI is InChI=1S/C31H41F3N6O5/c32-31(33,34)30(44)45-40-27(41)4-3-26(29(40)43)39-20-23-17-24(1-2-25(23)28(39)42)38-11-7-22(8-12-38)19-37-15-13-36(14-16-37)18-21-5-9-35-10-6-21/h1-2,17,21-22,26,35H,3-16,18-20H2. The molecule has 5 heterocycles. The molecule has 1 aromatic carbocycles. The minimum atomic E-state index is -5.38. The quantitative estimate of drug-likeness (QED) is 0.451. The number of carbonyl (C=O) groups is 4. The minimum Gasteiger partial charge on any atom is -0.372 e. The van der Waals surface area contributed by atoms with Crippen molar-refractivity contribution in [2.24, 2.45) is 11.8 Å². The summed E-state index contributed by atoms with van der Waals surface area (Å²) in [7, 11) is 0. The number of piperidine rings is 3. The number of anilines is 1. The number of hydroxylamine groups is 2. The van der Waals surface area contributed by atoms with E-state index in [0.29, 0.717) is 17.0 Å². The normalized spacial score (nSPS) is 24.8. The van der Waals surface area contributed by atoms with Gasteiger partial charge in [-0.1, -0.05) is 0 Å². The molecular formula is C31H41F3N6O5. The number of fused-ring (bicyclic) bond motifs is 1. The highest BCUT2D eigenvalue weighted by atomic mass is 19.4. The lowest BCUT2D eigenvalue weighted by Gasteiger charge is -2.40. The summed E-state index contributed by atoms with van der Waals surface area (Å²) in [6.45, 7) is 11.1. The van der Waals surface area contributed by atoms with Crippen LogP contribution in [-0.4, -0.2) is 121 Å². The second kappa shape index (κ2) is 13.2. The van der Waals surface area contributed by atoms with Crippen molar-refractivity contribution in [3.05, 3.63) is 29.3 Å². The Morgan fingerprint density at radius 2 is 1.49 bits per heavy atom. The van der Waals surface area contributed by atoms with Gasteiger partial charge >= 0.3 is 12.1 Å². The molecule has 5 aliphatic rings. The van der Waals surface area contributed by atoms with Crippen molar-refractivity contribution >= 4 is 29.4 Å². The highest BCUT2D eigenvalue weighted by Crippen LogP contribution is 2.33. The van der Waals surface area contributed by atoms with Crippen molar-refractivity contribution in [3.8, 4) is 0 Å². The van der Waals surface area contributed by atoms with Crippen molar-refractivity contribution in [2.45, 2.75) is 57.3 Å². The molecule has 4 saturated heterocycles. The number of rotatable bonds is 7. The minimum absolute atomic E-state index is 0.0644. The zero-order valence-corrected chi connectivity index (χ0v) is 25.4. The first-order valence-corrected chi connectivity index (χ1v) is 16.1. The van der Waals surface area contributed by atoms with Crippen LogP contribution in [0.15, 0.2) is 18.2 Å². The van der Waals surface area contributed by atoms with E-state index >= 15 is 0 Å². The Hall–Kier alpha value is -3.23. The van der Waals surface area contributed by atoms with Gasteiger partial charge in [0.25, 0.3) is 17.7 Å². The lowest BCUT2D eigenvalue weighted by Crippen LogP contribution is -2.55. The number of alkyl halides is 3. The van der Waals surface area contributed by atoms with Gasteiger partial charge < -0.3 is 29.8 Å². The summed E-state index contributed by atoms with van der Waals surface area (Å²) < 4.78 is 38.1. The van der Waals surface area contributed by atoms with Crippen LogP contribution in [0.4, 0.5) is 18.9 Å². The summed E-state index contributed by atoms with van der Waals surface area (Å²) in [6, 6.07) is 4.35. The Balaban J connectivity index is 0.992. The van der Waals surface area contributed by atoms with Crippen LogP contribution in [0.25, 0.3) is 0 Å². The van der Waals surface area contributed by atoms with Crippen molar-refractivity contribution in [1.29, 1.82) is 0 Å². The Bertz CT molecular complexity index is 1290. The van der Waals surface area contributed by atoms with Crippen LogP contribution < -0.4 is 10.2 Å². The smallest absolute Gasteiger partial charge is 0.372 e. The van der Waals surface area contributed by atoms with E-state index in [9.17, 15) is 32.3 Å². The van der Waals surface area contributed by atoms with Crippen LogP contribution in [0, 0.1) is 11.8 Å². The van der Waals surface area contributed by atoms with Gasteiger partial charge in [0.1, 0.15) is 6.04 Å². The summed E-state index contributed by atoms with van der Waals surface area (Å²) in [6.07, 6.45) is -1.05. The molecule has 0 aromatic heterocycles. The molecule has 4 fully saturated rings. The van der Waals surface area contributed by atoms with Crippen molar-refractivity contribution < 1.29 is 37.2 Å². The Morgan fingerprint density at radius 1 is 0.867 bits per heavy atom. The average Bonchev–Trinajstić information content (AvgIpc) is 3.35. The number of hydrogen-bond acceptors (Lipinski definition) is 9. The van der Waals surface area contributed by atoms with E-state index in [0.717, 1.165) is 83.3 Å². The van der Waals surface area contributed by atoms with Crippen LogP contribution in [0.2, 0.25) is 0 Å². The number of nitrogens with zero attached hydrogens (tertiary/aromatic N) is 5. The van der Waals surface area contributed by atoms with Gasteiger partial charge in [-0.25, -0.2) is 4.79 Å². The average molecular weight is 635 g/mol. The summed E-state index contributed by atoms with van der Waals surface area (Å²) >= 11 is 0. The Morgan fingerprint density at radius 3 is 2.11 bits per heavy atom.